The molecule has 0 aliphatic heterocycles. The molecule has 0 fully saturated rings. The lowest BCUT2D eigenvalue weighted by molar-refractivity contribution is -0.138. The first-order chi connectivity index (χ1) is 14.7. The van der Waals surface area contributed by atoms with Gasteiger partial charge in [-0.1, -0.05) is 55.5 Å². The minimum Gasteiger partial charge on any atom is -0.481 e. The fraction of sp³-hybridized carbons (Fsp3) is 0.375. The van der Waals surface area contributed by atoms with Crippen LogP contribution in [0.4, 0.5) is 4.79 Å². The molecular weight excluding hydrogens is 396 g/mol. The normalized spacial score (nSPS) is 13.6. The number of carbonyl (C=O) groups excluding carboxylic acids is 2. The number of carboxylic acid groups (broad SMARTS) is 1. The van der Waals surface area contributed by atoms with E-state index in [-0.39, 0.29) is 18.9 Å². The van der Waals surface area contributed by atoms with Crippen molar-refractivity contribution in [2.24, 2.45) is 0 Å². The molecule has 0 saturated heterocycles. The molecule has 0 spiro atoms. The number of nitrogens with one attached hydrogen (secondary N) is 2. The van der Waals surface area contributed by atoms with E-state index >= 15 is 0 Å². The molecule has 3 rings (SSSR count). The predicted molar refractivity (Wildman–Crippen MR) is 117 cm³/mol. The highest BCUT2D eigenvalue weighted by molar-refractivity contribution is 5.89. The molecule has 0 saturated carbocycles. The van der Waals surface area contributed by atoms with Gasteiger partial charge in [0.05, 0.1) is 6.42 Å². The number of hydrogen-bond acceptors (Lipinski definition) is 4. The minimum absolute atomic E-state index is 0.0740. The number of rotatable bonds is 8. The maximum atomic E-state index is 12.6. The Morgan fingerprint density at radius 2 is 1.58 bits per heavy atom. The van der Waals surface area contributed by atoms with Gasteiger partial charge in [-0.05, 0) is 42.5 Å². The number of hydrogen-bond donors (Lipinski definition) is 3. The molecule has 31 heavy (non-hydrogen) atoms. The van der Waals surface area contributed by atoms with Crippen molar-refractivity contribution in [1.82, 2.24) is 10.6 Å². The van der Waals surface area contributed by atoms with Crippen LogP contribution < -0.4 is 10.6 Å². The molecule has 0 unspecified atom stereocenters. The maximum absolute atomic E-state index is 12.6. The quantitative estimate of drug-likeness (QED) is 0.600. The smallest absolute Gasteiger partial charge is 0.408 e. The van der Waals surface area contributed by atoms with Crippen LogP contribution in [0, 0.1) is 0 Å². The molecule has 1 aliphatic carbocycles. The monoisotopic (exact) mass is 424 g/mol. The maximum Gasteiger partial charge on any atom is 0.408 e. The van der Waals surface area contributed by atoms with E-state index in [9.17, 15) is 14.4 Å². The van der Waals surface area contributed by atoms with Crippen molar-refractivity contribution in [3.05, 3.63) is 59.7 Å². The molecule has 0 bridgehead atoms. The molecule has 1 aliphatic rings. The predicted octanol–water partition coefficient (Wildman–Crippen LogP) is 3.67. The van der Waals surface area contributed by atoms with Gasteiger partial charge in [0.15, 0.2) is 0 Å². The van der Waals surface area contributed by atoms with Crippen LogP contribution in [0.25, 0.3) is 11.1 Å². The number of fused-ring (bicyclic) bond motifs is 3. The second-order valence-corrected chi connectivity index (χ2v) is 8.25. The standard InChI is InChI=1S/C24H28N2O5/c1-4-15(13-21(27)28)25-22(29)24(2,3)26-23(30)31-14-20-18-11-7-5-9-16(18)17-10-6-8-12-19(17)20/h5-12,15,20H,4,13-14H2,1-3H3,(H,25,29)(H,26,30)(H,27,28)/t15-/m0/s1. The third kappa shape index (κ3) is 5.05. The second kappa shape index (κ2) is 9.20. The number of carboxylic acids is 1. The summed E-state index contributed by atoms with van der Waals surface area (Å²) in [5.74, 6) is -1.53. The van der Waals surface area contributed by atoms with E-state index in [4.69, 9.17) is 9.84 Å². The lowest BCUT2D eigenvalue weighted by Gasteiger charge is -2.27. The van der Waals surface area contributed by atoms with Crippen molar-refractivity contribution in [1.29, 1.82) is 0 Å². The molecule has 2 amide bonds. The van der Waals surface area contributed by atoms with Crippen LogP contribution in [-0.4, -0.2) is 41.3 Å². The van der Waals surface area contributed by atoms with Crippen LogP contribution in [0.15, 0.2) is 48.5 Å². The summed E-state index contributed by atoms with van der Waals surface area (Å²) in [6, 6.07) is 15.6. The summed E-state index contributed by atoms with van der Waals surface area (Å²) in [7, 11) is 0. The Kier molecular flexibility index (Phi) is 6.63. The zero-order valence-electron chi connectivity index (χ0n) is 18.0. The van der Waals surface area contributed by atoms with Crippen molar-refractivity contribution in [2.45, 2.75) is 51.1 Å². The van der Waals surface area contributed by atoms with Crippen LogP contribution in [0.3, 0.4) is 0 Å². The van der Waals surface area contributed by atoms with Gasteiger partial charge in [-0.3, -0.25) is 9.59 Å². The summed E-state index contributed by atoms with van der Waals surface area (Å²) in [5, 5.41) is 14.2. The largest absolute Gasteiger partial charge is 0.481 e. The highest BCUT2D eigenvalue weighted by atomic mass is 16.5. The summed E-state index contributed by atoms with van der Waals surface area (Å²) >= 11 is 0. The number of ether oxygens (including phenoxy) is 1. The van der Waals surface area contributed by atoms with E-state index in [2.05, 4.69) is 22.8 Å². The van der Waals surface area contributed by atoms with Crippen molar-refractivity contribution >= 4 is 18.0 Å². The van der Waals surface area contributed by atoms with Gasteiger partial charge < -0.3 is 20.5 Å². The molecule has 1 atom stereocenters. The first-order valence-electron chi connectivity index (χ1n) is 10.4. The van der Waals surface area contributed by atoms with Gasteiger partial charge in [-0.25, -0.2) is 4.79 Å². The zero-order valence-corrected chi connectivity index (χ0v) is 18.0. The number of benzene rings is 2. The Morgan fingerprint density at radius 3 is 2.10 bits per heavy atom. The number of alkyl carbamates (subject to hydrolysis) is 1. The fourth-order valence-electron chi connectivity index (χ4n) is 3.82. The molecule has 0 radical (unpaired) electrons. The minimum atomic E-state index is -1.26. The van der Waals surface area contributed by atoms with Crippen LogP contribution >= 0.6 is 0 Å². The van der Waals surface area contributed by atoms with Crippen molar-refractivity contribution in [2.75, 3.05) is 6.61 Å². The summed E-state index contributed by atoms with van der Waals surface area (Å²) in [5.41, 5.74) is 3.22. The van der Waals surface area contributed by atoms with Gasteiger partial charge in [0.2, 0.25) is 5.91 Å². The van der Waals surface area contributed by atoms with Gasteiger partial charge in [0, 0.05) is 12.0 Å². The van der Waals surface area contributed by atoms with E-state index < -0.39 is 29.6 Å². The second-order valence-electron chi connectivity index (χ2n) is 8.25. The van der Waals surface area contributed by atoms with Gasteiger partial charge in [0.1, 0.15) is 12.1 Å². The van der Waals surface area contributed by atoms with E-state index in [0.717, 1.165) is 22.3 Å². The molecule has 7 heteroatoms. The molecule has 7 nitrogen and oxygen atoms in total. The first kappa shape index (κ1) is 22.3. The summed E-state index contributed by atoms with van der Waals surface area (Å²) in [4.78, 5) is 36.0. The van der Waals surface area contributed by atoms with E-state index in [0.29, 0.717) is 6.42 Å². The molecular formula is C24H28N2O5. The van der Waals surface area contributed by atoms with Gasteiger partial charge >= 0.3 is 12.1 Å². The van der Waals surface area contributed by atoms with E-state index in [1.807, 2.05) is 36.4 Å². The average molecular weight is 424 g/mol. The topological polar surface area (TPSA) is 105 Å². The van der Waals surface area contributed by atoms with Gasteiger partial charge in [-0.15, -0.1) is 0 Å². The first-order valence-corrected chi connectivity index (χ1v) is 10.4. The molecule has 2 aromatic carbocycles. The van der Waals surface area contributed by atoms with Crippen molar-refractivity contribution in [3.63, 3.8) is 0 Å². The molecule has 0 aromatic heterocycles. The molecule has 2 aromatic rings. The van der Waals surface area contributed by atoms with Gasteiger partial charge in [0.25, 0.3) is 0 Å². The third-order valence-electron chi connectivity index (χ3n) is 5.57. The molecule has 3 N–H and O–H groups in total. The Labute approximate surface area is 181 Å². The Hall–Kier alpha value is -3.35. The van der Waals surface area contributed by atoms with E-state index in [1.54, 1.807) is 20.8 Å². The Balaban J connectivity index is 1.62. The fourth-order valence-corrected chi connectivity index (χ4v) is 3.82. The lowest BCUT2D eigenvalue weighted by Crippen LogP contribution is -2.57. The molecule has 164 valence electrons. The lowest BCUT2D eigenvalue weighted by atomic mass is 9.98. The van der Waals surface area contributed by atoms with Crippen LogP contribution in [0.1, 0.15) is 50.7 Å². The van der Waals surface area contributed by atoms with Crippen LogP contribution in [-0.2, 0) is 14.3 Å². The third-order valence-corrected chi connectivity index (χ3v) is 5.57. The molecule has 0 heterocycles. The number of carbonyl (C=O) groups is 3. The van der Waals surface area contributed by atoms with E-state index in [1.165, 1.54) is 0 Å². The van der Waals surface area contributed by atoms with Crippen LogP contribution in [0.5, 0.6) is 0 Å². The SMILES string of the molecule is CC[C@@H](CC(=O)O)NC(=O)C(C)(C)NC(=O)OCC1c2ccccc2-c2ccccc21. The summed E-state index contributed by atoms with van der Waals surface area (Å²) in [6.07, 6.45) is -0.407. The average Bonchev–Trinajstić information content (AvgIpc) is 3.05. The highest BCUT2D eigenvalue weighted by Gasteiger charge is 2.33. The number of aliphatic carboxylic acids is 1. The zero-order chi connectivity index (χ0) is 22.6. The van der Waals surface area contributed by atoms with Crippen molar-refractivity contribution in [3.8, 4) is 11.1 Å². The number of amides is 2. The Morgan fingerprint density at radius 1 is 1.03 bits per heavy atom. The highest BCUT2D eigenvalue weighted by Crippen LogP contribution is 2.44. The van der Waals surface area contributed by atoms with Crippen LogP contribution in [0.2, 0.25) is 0 Å². The summed E-state index contributed by atoms with van der Waals surface area (Å²) < 4.78 is 5.50. The van der Waals surface area contributed by atoms with Crippen molar-refractivity contribution < 1.29 is 24.2 Å². The Bertz CT molecular complexity index is 940. The summed E-state index contributed by atoms with van der Waals surface area (Å²) in [6.45, 7) is 5.04. The van der Waals surface area contributed by atoms with Gasteiger partial charge in [-0.2, -0.15) is 0 Å².